The maximum absolute atomic E-state index is 3.54. The summed E-state index contributed by atoms with van der Waals surface area (Å²) < 4.78 is 0. The zero-order valence-electron chi connectivity index (χ0n) is 12.9. The molecule has 0 saturated carbocycles. The Morgan fingerprint density at radius 1 is 0.444 bits per heavy atom. The number of hydrogen-bond acceptors (Lipinski definition) is 2. The summed E-state index contributed by atoms with van der Waals surface area (Å²) in [5, 5.41) is 7.07. The fourth-order valence-electron chi connectivity index (χ4n) is 2.10. The first-order valence-electron chi connectivity index (χ1n) is 8.33. The van der Waals surface area contributed by atoms with E-state index in [-0.39, 0.29) is 0 Å². The summed E-state index contributed by atoms with van der Waals surface area (Å²) >= 11 is 0. The Morgan fingerprint density at radius 3 is 1.22 bits per heavy atom. The highest BCUT2D eigenvalue weighted by Crippen LogP contribution is 1.98. The van der Waals surface area contributed by atoms with E-state index in [0.29, 0.717) is 0 Å². The van der Waals surface area contributed by atoms with Crippen molar-refractivity contribution in [1.82, 2.24) is 10.6 Å². The quantitative estimate of drug-likeness (QED) is 0.431. The molecule has 18 heavy (non-hydrogen) atoms. The van der Waals surface area contributed by atoms with E-state index in [1.54, 1.807) is 0 Å². The SMILES string of the molecule is CCCCCCNCCCCCNCCCCC. The number of unbranched alkanes of at least 4 members (excludes halogenated alkanes) is 7. The zero-order chi connectivity index (χ0) is 13.3. The lowest BCUT2D eigenvalue weighted by atomic mass is 10.2. The van der Waals surface area contributed by atoms with E-state index in [1.807, 2.05) is 0 Å². The highest BCUT2D eigenvalue weighted by molar-refractivity contribution is 4.52. The molecule has 0 aliphatic heterocycles. The lowest BCUT2D eigenvalue weighted by Gasteiger charge is -2.05. The van der Waals surface area contributed by atoms with Gasteiger partial charge in [-0.3, -0.25) is 0 Å². The van der Waals surface area contributed by atoms with E-state index < -0.39 is 0 Å². The molecule has 110 valence electrons. The number of hydrogen-bond donors (Lipinski definition) is 2. The van der Waals surface area contributed by atoms with Gasteiger partial charge in [0.2, 0.25) is 0 Å². The van der Waals surface area contributed by atoms with Gasteiger partial charge in [-0.1, -0.05) is 52.4 Å². The van der Waals surface area contributed by atoms with Gasteiger partial charge in [0, 0.05) is 0 Å². The van der Waals surface area contributed by atoms with Gasteiger partial charge in [-0.25, -0.2) is 0 Å². The molecule has 0 aromatic heterocycles. The molecule has 0 fully saturated rings. The third kappa shape index (κ3) is 15.9. The second-order valence-electron chi connectivity index (χ2n) is 5.33. The second-order valence-corrected chi connectivity index (χ2v) is 5.33. The minimum absolute atomic E-state index is 1.21. The van der Waals surface area contributed by atoms with E-state index >= 15 is 0 Å². The highest BCUT2D eigenvalue weighted by Gasteiger charge is 1.91. The van der Waals surface area contributed by atoms with Crippen molar-refractivity contribution in [3.8, 4) is 0 Å². The summed E-state index contributed by atoms with van der Waals surface area (Å²) in [6.07, 6.45) is 13.6. The van der Waals surface area contributed by atoms with Crippen molar-refractivity contribution in [3.05, 3.63) is 0 Å². The Balaban J connectivity index is 2.86. The van der Waals surface area contributed by atoms with Crippen molar-refractivity contribution in [1.29, 1.82) is 0 Å². The molecular formula is C16H36N2. The van der Waals surface area contributed by atoms with Crippen molar-refractivity contribution in [2.45, 2.75) is 78.1 Å². The molecule has 0 aliphatic carbocycles. The van der Waals surface area contributed by atoms with Crippen LogP contribution in [-0.4, -0.2) is 26.2 Å². The van der Waals surface area contributed by atoms with Crippen LogP contribution in [0.1, 0.15) is 78.1 Å². The number of rotatable bonds is 15. The molecule has 0 radical (unpaired) electrons. The Labute approximate surface area is 115 Å². The van der Waals surface area contributed by atoms with Crippen LogP contribution >= 0.6 is 0 Å². The van der Waals surface area contributed by atoms with Crippen LogP contribution in [0.25, 0.3) is 0 Å². The van der Waals surface area contributed by atoms with Crippen molar-refractivity contribution >= 4 is 0 Å². The first-order chi connectivity index (χ1) is 8.91. The monoisotopic (exact) mass is 256 g/mol. The van der Waals surface area contributed by atoms with Gasteiger partial charge in [-0.15, -0.1) is 0 Å². The smallest absolute Gasteiger partial charge is 0.00489 e. The van der Waals surface area contributed by atoms with Crippen LogP contribution in [0.4, 0.5) is 0 Å². The van der Waals surface area contributed by atoms with Crippen LogP contribution in [0.5, 0.6) is 0 Å². The van der Waals surface area contributed by atoms with Crippen LogP contribution < -0.4 is 10.6 Å². The fourth-order valence-corrected chi connectivity index (χ4v) is 2.10. The summed E-state index contributed by atoms with van der Waals surface area (Å²) in [4.78, 5) is 0. The fraction of sp³-hybridized carbons (Fsp3) is 1.00. The highest BCUT2D eigenvalue weighted by atomic mass is 14.8. The minimum Gasteiger partial charge on any atom is -0.317 e. The molecule has 0 spiro atoms. The normalized spacial score (nSPS) is 11.0. The molecular weight excluding hydrogens is 220 g/mol. The average molecular weight is 256 g/mol. The maximum atomic E-state index is 3.54. The molecule has 2 nitrogen and oxygen atoms in total. The largest absolute Gasteiger partial charge is 0.317 e. The van der Waals surface area contributed by atoms with Gasteiger partial charge < -0.3 is 10.6 Å². The van der Waals surface area contributed by atoms with Crippen molar-refractivity contribution < 1.29 is 0 Å². The van der Waals surface area contributed by atoms with Crippen molar-refractivity contribution in [2.75, 3.05) is 26.2 Å². The maximum Gasteiger partial charge on any atom is -0.00489 e. The summed E-state index contributed by atoms with van der Waals surface area (Å²) in [6, 6.07) is 0. The standard InChI is InChI=1S/C16H36N2/c1-3-5-7-10-14-18-16-12-8-11-15-17-13-9-6-4-2/h17-18H,3-16H2,1-2H3. The third-order valence-corrected chi connectivity index (χ3v) is 3.37. The molecule has 2 N–H and O–H groups in total. The van der Waals surface area contributed by atoms with E-state index in [9.17, 15) is 0 Å². The molecule has 0 aromatic rings. The molecule has 0 saturated heterocycles. The molecule has 0 amide bonds. The van der Waals surface area contributed by atoms with Crippen LogP contribution in [0.3, 0.4) is 0 Å². The third-order valence-electron chi connectivity index (χ3n) is 3.37. The van der Waals surface area contributed by atoms with Gasteiger partial charge in [0.25, 0.3) is 0 Å². The summed E-state index contributed by atoms with van der Waals surface area (Å²) in [7, 11) is 0. The topological polar surface area (TPSA) is 24.1 Å². The van der Waals surface area contributed by atoms with Crippen LogP contribution in [0.2, 0.25) is 0 Å². The van der Waals surface area contributed by atoms with Crippen LogP contribution in [0.15, 0.2) is 0 Å². The first-order valence-corrected chi connectivity index (χ1v) is 8.33. The molecule has 0 bridgehead atoms. The predicted molar refractivity (Wildman–Crippen MR) is 83.3 cm³/mol. The average Bonchev–Trinajstić information content (AvgIpc) is 2.39. The van der Waals surface area contributed by atoms with Crippen molar-refractivity contribution in [2.24, 2.45) is 0 Å². The molecule has 0 heterocycles. The van der Waals surface area contributed by atoms with Crippen LogP contribution in [-0.2, 0) is 0 Å². The summed E-state index contributed by atoms with van der Waals surface area (Å²) in [5.74, 6) is 0. The van der Waals surface area contributed by atoms with E-state index in [0.717, 1.165) is 0 Å². The second kappa shape index (κ2) is 16.9. The number of nitrogens with one attached hydrogen (secondary N) is 2. The minimum atomic E-state index is 1.21. The van der Waals surface area contributed by atoms with Gasteiger partial charge >= 0.3 is 0 Å². The molecule has 0 rings (SSSR count). The van der Waals surface area contributed by atoms with Crippen LogP contribution in [0, 0.1) is 0 Å². The van der Waals surface area contributed by atoms with Gasteiger partial charge in [0.15, 0.2) is 0 Å². The Morgan fingerprint density at radius 2 is 0.778 bits per heavy atom. The first kappa shape index (κ1) is 17.9. The van der Waals surface area contributed by atoms with E-state index in [1.165, 1.54) is 90.4 Å². The molecule has 0 aromatic carbocycles. The van der Waals surface area contributed by atoms with E-state index in [4.69, 9.17) is 0 Å². The van der Waals surface area contributed by atoms with E-state index in [2.05, 4.69) is 24.5 Å². The van der Waals surface area contributed by atoms with Gasteiger partial charge in [0.1, 0.15) is 0 Å². The summed E-state index contributed by atoms with van der Waals surface area (Å²) in [6.45, 7) is 9.37. The Bertz CT molecular complexity index is 121. The molecule has 2 heteroatoms. The van der Waals surface area contributed by atoms with Gasteiger partial charge in [0.05, 0.1) is 0 Å². The molecule has 0 unspecified atom stereocenters. The van der Waals surface area contributed by atoms with Gasteiger partial charge in [-0.05, 0) is 51.9 Å². The Kier molecular flexibility index (Phi) is 16.8. The lowest BCUT2D eigenvalue weighted by Crippen LogP contribution is -2.18. The Hall–Kier alpha value is -0.0800. The predicted octanol–water partition coefficient (Wildman–Crippen LogP) is 4.11. The summed E-state index contributed by atoms with van der Waals surface area (Å²) in [5.41, 5.74) is 0. The zero-order valence-corrected chi connectivity index (χ0v) is 12.9. The molecule has 0 atom stereocenters. The van der Waals surface area contributed by atoms with Gasteiger partial charge in [-0.2, -0.15) is 0 Å². The lowest BCUT2D eigenvalue weighted by molar-refractivity contribution is 0.545. The molecule has 0 aliphatic rings. The van der Waals surface area contributed by atoms with Crippen molar-refractivity contribution in [3.63, 3.8) is 0 Å².